The van der Waals surface area contributed by atoms with E-state index in [-0.39, 0.29) is 5.56 Å². The van der Waals surface area contributed by atoms with Crippen LogP contribution in [0, 0.1) is 0 Å². The van der Waals surface area contributed by atoms with Gasteiger partial charge in [-0.25, -0.2) is 9.89 Å². The molecular weight excluding hydrogens is 298 g/mol. The molecule has 0 bridgehead atoms. The Morgan fingerprint density at radius 3 is 2.57 bits per heavy atom. The van der Waals surface area contributed by atoms with E-state index in [0.717, 1.165) is 5.56 Å². The van der Waals surface area contributed by atoms with Crippen molar-refractivity contribution in [3.63, 3.8) is 0 Å². The van der Waals surface area contributed by atoms with Crippen molar-refractivity contribution in [1.29, 1.82) is 0 Å². The quantitative estimate of drug-likeness (QED) is 0.690. The van der Waals surface area contributed by atoms with Crippen LogP contribution in [0.2, 0.25) is 0 Å². The molecule has 1 heterocycles. The summed E-state index contributed by atoms with van der Waals surface area (Å²) in [5, 5.41) is 18.7. The fourth-order valence-corrected chi connectivity index (χ4v) is 2.33. The maximum absolute atomic E-state index is 12.0. The van der Waals surface area contributed by atoms with Gasteiger partial charge in [0, 0.05) is 16.6 Å². The summed E-state index contributed by atoms with van der Waals surface area (Å²) in [5.41, 5.74) is 1.51. The molecule has 0 fully saturated rings. The van der Waals surface area contributed by atoms with Gasteiger partial charge in [0.15, 0.2) is 0 Å². The van der Waals surface area contributed by atoms with Gasteiger partial charge in [-0.15, -0.1) is 0 Å². The van der Waals surface area contributed by atoms with Gasteiger partial charge >= 0.3 is 6.09 Å². The predicted molar refractivity (Wildman–Crippen MR) is 86.0 cm³/mol. The van der Waals surface area contributed by atoms with Crippen LogP contribution < -0.4 is 15.6 Å². The Bertz CT molecular complexity index is 932. The second-order valence-corrected chi connectivity index (χ2v) is 4.82. The summed E-state index contributed by atoms with van der Waals surface area (Å²) in [4.78, 5) is 22.6. The van der Waals surface area contributed by atoms with Crippen LogP contribution in [0.4, 0.5) is 10.5 Å². The molecule has 0 saturated heterocycles. The van der Waals surface area contributed by atoms with Crippen molar-refractivity contribution in [2.24, 2.45) is 0 Å². The van der Waals surface area contributed by atoms with E-state index >= 15 is 0 Å². The number of ether oxygens (including phenoxy) is 1. The Kier molecular flexibility index (Phi) is 3.68. The number of amides is 1. The fourth-order valence-electron chi connectivity index (χ4n) is 2.33. The standard InChI is InChI=1S/C16H13N3O4/c1-23-11-6-7-12-13(8-11)15(20)19-18-14(12)9-2-4-10(5-3-9)17-16(21)22/h2-8,17H,1H3,(H,19,20)(H,21,22). The summed E-state index contributed by atoms with van der Waals surface area (Å²) in [6.45, 7) is 0. The van der Waals surface area contributed by atoms with Crippen LogP contribution >= 0.6 is 0 Å². The van der Waals surface area contributed by atoms with Crippen LogP contribution in [0.3, 0.4) is 0 Å². The van der Waals surface area contributed by atoms with Crippen molar-refractivity contribution < 1.29 is 14.6 Å². The molecular formula is C16H13N3O4. The number of carbonyl (C=O) groups is 1. The molecule has 3 N–H and O–H groups in total. The molecule has 0 aliphatic carbocycles. The number of H-pyrrole nitrogens is 1. The van der Waals surface area contributed by atoms with E-state index in [1.165, 1.54) is 7.11 Å². The minimum absolute atomic E-state index is 0.299. The highest BCUT2D eigenvalue weighted by Gasteiger charge is 2.10. The highest BCUT2D eigenvalue weighted by molar-refractivity contribution is 5.94. The highest BCUT2D eigenvalue weighted by Crippen LogP contribution is 2.27. The zero-order valence-electron chi connectivity index (χ0n) is 12.2. The van der Waals surface area contributed by atoms with Gasteiger partial charge in [0.1, 0.15) is 5.75 Å². The molecule has 0 atom stereocenters. The van der Waals surface area contributed by atoms with E-state index in [4.69, 9.17) is 9.84 Å². The Morgan fingerprint density at radius 1 is 1.17 bits per heavy atom. The Labute approximate surface area is 130 Å². The van der Waals surface area contributed by atoms with E-state index in [1.807, 2.05) is 0 Å². The molecule has 3 aromatic rings. The topological polar surface area (TPSA) is 104 Å². The minimum atomic E-state index is -1.13. The Hall–Kier alpha value is -3.35. The van der Waals surface area contributed by atoms with Gasteiger partial charge in [-0.3, -0.25) is 10.1 Å². The number of fused-ring (bicyclic) bond motifs is 1. The minimum Gasteiger partial charge on any atom is -0.497 e. The number of methoxy groups -OCH3 is 1. The highest BCUT2D eigenvalue weighted by atomic mass is 16.5. The Balaban J connectivity index is 2.11. The molecule has 0 radical (unpaired) electrons. The van der Waals surface area contributed by atoms with Gasteiger partial charge < -0.3 is 9.84 Å². The summed E-state index contributed by atoms with van der Waals surface area (Å²) in [7, 11) is 1.53. The first-order chi connectivity index (χ1) is 11.1. The summed E-state index contributed by atoms with van der Waals surface area (Å²) in [6.07, 6.45) is -1.13. The largest absolute Gasteiger partial charge is 0.497 e. The van der Waals surface area contributed by atoms with E-state index in [2.05, 4.69) is 15.5 Å². The average molecular weight is 311 g/mol. The first kappa shape index (κ1) is 14.6. The summed E-state index contributed by atoms with van der Waals surface area (Å²) in [6, 6.07) is 11.9. The molecule has 2 aromatic carbocycles. The third kappa shape index (κ3) is 2.84. The monoisotopic (exact) mass is 311 g/mol. The van der Waals surface area contributed by atoms with Crippen LogP contribution in [0.25, 0.3) is 22.0 Å². The van der Waals surface area contributed by atoms with Gasteiger partial charge in [-0.1, -0.05) is 12.1 Å². The van der Waals surface area contributed by atoms with Crippen LogP contribution in [0.5, 0.6) is 5.75 Å². The molecule has 7 heteroatoms. The number of benzene rings is 2. The molecule has 0 spiro atoms. The maximum atomic E-state index is 12.0. The van der Waals surface area contributed by atoms with Gasteiger partial charge in [0.2, 0.25) is 0 Å². The number of hydrogen-bond donors (Lipinski definition) is 3. The van der Waals surface area contributed by atoms with Crippen molar-refractivity contribution in [3.05, 3.63) is 52.8 Å². The third-order valence-corrected chi connectivity index (χ3v) is 3.41. The van der Waals surface area contributed by atoms with Crippen LogP contribution in [-0.4, -0.2) is 28.5 Å². The van der Waals surface area contributed by atoms with Gasteiger partial charge in [0.05, 0.1) is 18.2 Å². The maximum Gasteiger partial charge on any atom is 0.409 e. The average Bonchev–Trinajstić information content (AvgIpc) is 2.55. The lowest BCUT2D eigenvalue weighted by atomic mass is 10.0. The SMILES string of the molecule is COc1ccc2c(-c3ccc(NC(=O)O)cc3)n[nH]c(=O)c2c1. The van der Waals surface area contributed by atoms with Crippen LogP contribution in [0.1, 0.15) is 0 Å². The summed E-state index contributed by atoms with van der Waals surface area (Å²) in [5.74, 6) is 0.584. The number of hydrogen-bond acceptors (Lipinski definition) is 4. The van der Waals surface area contributed by atoms with E-state index in [1.54, 1.807) is 42.5 Å². The number of carboxylic acid groups (broad SMARTS) is 1. The van der Waals surface area contributed by atoms with E-state index < -0.39 is 6.09 Å². The molecule has 116 valence electrons. The number of nitrogens with one attached hydrogen (secondary N) is 2. The molecule has 0 unspecified atom stereocenters. The molecule has 0 aliphatic heterocycles. The number of aromatic amines is 1. The van der Waals surface area contributed by atoms with Gasteiger partial charge in [-0.2, -0.15) is 5.10 Å². The molecule has 0 aliphatic rings. The summed E-state index contributed by atoms with van der Waals surface area (Å²) >= 11 is 0. The van der Waals surface area contributed by atoms with Gasteiger partial charge in [0.25, 0.3) is 5.56 Å². The number of aromatic nitrogens is 2. The first-order valence-electron chi connectivity index (χ1n) is 6.75. The smallest absolute Gasteiger partial charge is 0.409 e. The first-order valence-corrected chi connectivity index (χ1v) is 6.75. The van der Waals surface area contributed by atoms with E-state index in [9.17, 15) is 9.59 Å². The second-order valence-electron chi connectivity index (χ2n) is 4.82. The summed E-state index contributed by atoms with van der Waals surface area (Å²) < 4.78 is 5.14. The lowest BCUT2D eigenvalue weighted by Crippen LogP contribution is -2.10. The number of rotatable bonds is 3. The number of anilines is 1. The van der Waals surface area contributed by atoms with E-state index in [0.29, 0.717) is 27.9 Å². The van der Waals surface area contributed by atoms with Crippen molar-refractivity contribution in [2.75, 3.05) is 12.4 Å². The molecule has 23 heavy (non-hydrogen) atoms. The predicted octanol–water partition coefficient (Wildman–Crippen LogP) is 2.69. The van der Waals surface area contributed by atoms with Crippen molar-refractivity contribution >= 4 is 22.6 Å². The van der Waals surface area contributed by atoms with Crippen molar-refractivity contribution in [1.82, 2.24) is 10.2 Å². The Morgan fingerprint density at radius 2 is 1.91 bits per heavy atom. The lowest BCUT2D eigenvalue weighted by Gasteiger charge is -2.07. The molecule has 0 saturated carbocycles. The molecule has 1 aromatic heterocycles. The lowest BCUT2D eigenvalue weighted by molar-refractivity contribution is 0.210. The number of nitrogens with zero attached hydrogens (tertiary/aromatic N) is 1. The molecule has 1 amide bonds. The third-order valence-electron chi connectivity index (χ3n) is 3.41. The molecule has 3 rings (SSSR count). The van der Waals surface area contributed by atoms with Crippen LogP contribution in [0.15, 0.2) is 47.3 Å². The zero-order chi connectivity index (χ0) is 16.4. The van der Waals surface area contributed by atoms with Crippen molar-refractivity contribution in [3.8, 4) is 17.0 Å². The fraction of sp³-hybridized carbons (Fsp3) is 0.0625. The van der Waals surface area contributed by atoms with Crippen LogP contribution in [-0.2, 0) is 0 Å². The van der Waals surface area contributed by atoms with Crippen molar-refractivity contribution in [2.45, 2.75) is 0 Å². The van der Waals surface area contributed by atoms with Gasteiger partial charge in [-0.05, 0) is 30.3 Å². The zero-order valence-corrected chi connectivity index (χ0v) is 12.2. The second kappa shape index (κ2) is 5.80. The molecule has 7 nitrogen and oxygen atoms in total. The normalized spacial score (nSPS) is 10.5.